The van der Waals surface area contributed by atoms with Crippen molar-refractivity contribution in [1.29, 1.82) is 0 Å². The number of para-hydroxylation sites is 1. The Bertz CT molecular complexity index is 345. The predicted octanol–water partition coefficient (Wildman–Crippen LogP) is 1.32. The molecule has 0 heterocycles. The van der Waals surface area contributed by atoms with Gasteiger partial charge in [-0.25, -0.2) is 4.39 Å². The third kappa shape index (κ3) is 1.96. The Hall–Kier alpha value is -1.13. The number of hydrogen-bond acceptors (Lipinski definition) is 3. The lowest BCUT2D eigenvalue weighted by Gasteiger charge is -2.40. The molecule has 1 fully saturated rings. The minimum Gasteiger partial charge on any atom is -0.485 e. The van der Waals surface area contributed by atoms with E-state index in [1.807, 2.05) is 0 Å². The first kappa shape index (κ1) is 10.4. The second-order valence-electron chi connectivity index (χ2n) is 3.69. The van der Waals surface area contributed by atoms with Crippen LogP contribution in [0.4, 0.5) is 4.39 Å². The van der Waals surface area contributed by atoms with Crippen LogP contribution in [0.25, 0.3) is 0 Å². The zero-order valence-electron chi connectivity index (χ0n) is 8.52. The van der Waals surface area contributed by atoms with Crippen LogP contribution in [-0.4, -0.2) is 25.4 Å². The normalized spacial score (nSPS) is 29.7. The average Bonchev–Trinajstić information content (AvgIpc) is 2.20. The lowest BCUT2D eigenvalue weighted by molar-refractivity contribution is -0.0793. The summed E-state index contributed by atoms with van der Waals surface area (Å²) in [5.41, 5.74) is 5.72. The van der Waals surface area contributed by atoms with E-state index in [0.29, 0.717) is 6.42 Å². The first-order chi connectivity index (χ1) is 7.22. The maximum absolute atomic E-state index is 13.2. The van der Waals surface area contributed by atoms with Gasteiger partial charge >= 0.3 is 0 Å². The van der Waals surface area contributed by atoms with E-state index < -0.39 is 0 Å². The van der Waals surface area contributed by atoms with E-state index in [1.54, 1.807) is 25.3 Å². The SMILES string of the molecule is COC1C(N)CC1Oc1ccccc1F. The molecule has 0 saturated heterocycles. The maximum atomic E-state index is 13.2. The average molecular weight is 211 g/mol. The molecule has 3 nitrogen and oxygen atoms in total. The molecule has 0 aromatic heterocycles. The van der Waals surface area contributed by atoms with E-state index in [1.165, 1.54) is 6.07 Å². The Labute approximate surface area is 88.0 Å². The van der Waals surface area contributed by atoms with Gasteiger partial charge in [-0.1, -0.05) is 12.1 Å². The van der Waals surface area contributed by atoms with Crippen molar-refractivity contribution in [2.45, 2.75) is 24.7 Å². The van der Waals surface area contributed by atoms with Gasteiger partial charge in [0, 0.05) is 19.6 Å². The third-order valence-corrected chi connectivity index (χ3v) is 2.68. The molecule has 0 amide bonds. The number of halogens is 1. The molecular weight excluding hydrogens is 197 g/mol. The Morgan fingerprint density at radius 1 is 1.40 bits per heavy atom. The van der Waals surface area contributed by atoms with E-state index >= 15 is 0 Å². The van der Waals surface area contributed by atoms with Gasteiger partial charge in [-0.15, -0.1) is 0 Å². The van der Waals surface area contributed by atoms with Gasteiger partial charge in [0.1, 0.15) is 12.2 Å². The van der Waals surface area contributed by atoms with E-state index in [0.717, 1.165) is 0 Å². The number of methoxy groups -OCH3 is 1. The van der Waals surface area contributed by atoms with Crippen LogP contribution >= 0.6 is 0 Å². The monoisotopic (exact) mass is 211 g/mol. The number of benzene rings is 1. The highest BCUT2D eigenvalue weighted by Crippen LogP contribution is 2.28. The van der Waals surface area contributed by atoms with Crippen molar-refractivity contribution in [2.24, 2.45) is 5.73 Å². The molecule has 0 spiro atoms. The molecule has 15 heavy (non-hydrogen) atoms. The Morgan fingerprint density at radius 2 is 2.13 bits per heavy atom. The maximum Gasteiger partial charge on any atom is 0.165 e. The summed E-state index contributed by atoms with van der Waals surface area (Å²) in [4.78, 5) is 0. The molecule has 0 bridgehead atoms. The zero-order valence-corrected chi connectivity index (χ0v) is 8.52. The van der Waals surface area contributed by atoms with Crippen molar-refractivity contribution in [1.82, 2.24) is 0 Å². The Morgan fingerprint density at radius 3 is 2.73 bits per heavy atom. The van der Waals surface area contributed by atoms with Crippen LogP contribution in [0.5, 0.6) is 5.75 Å². The summed E-state index contributed by atoms with van der Waals surface area (Å²) in [7, 11) is 1.58. The van der Waals surface area contributed by atoms with E-state index in [2.05, 4.69) is 0 Å². The lowest BCUT2D eigenvalue weighted by atomic mass is 9.86. The molecule has 1 aromatic carbocycles. The second-order valence-corrected chi connectivity index (χ2v) is 3.69. The Balaban J connectivity index is 2.01. The first-order valence-corrected chi connectivity index (χ1v) is 4.92. The van der Waals surface area contributed by atoms with E-state index in [-0.39, 0.29) is 29.8 Å². The third-order valence-electron chi connectivity index (χ3n) is 2.68. The molecule has 1 saturated carbocycles. The van der Waals surface area contributed by atoms with Crippen molar-refractivity contribution >= 4 is 0 Å². The summed E-state index contributed by atoms with van der Waals surface area (Å²) in [5.74, 6) is -0.0933. The zero-order chi connectivity index (χ0) is 10.8. The van der Waals surface area contributed by atoms with Crippen LogP contribution in [0, 0.1) is 5.82 Å². The van der Waals surface area contributed by atoms with E-state index in [9.17, 15) is 4.39 Å². The van der Waals surface area contributed by atoms with Gasteiger partial charge in [0.15, 0.2) is 11.6 Å². The van der Waals surface area contributed by atoms with Crippen LogP contribution in [-0.2, 0) is 4.74 Å². The summed E-state index contributed by atoms with van der Waals surface area (Å²) >= 11 is 0. The topological polar surface area (TPSA) is 44.5 Å². The summed E-state index contributed by atoms with van der Waals surface area (Å²) in [6, 6.07) is 6.33. The van der Waals surface area contributed by atoms with Crippen molar-refractivity contribution in [3.63, 3.8) is 0 Å². The van der Waals surface area contributed by atoms with E-state index in [4.69, 9.17) is 15.2 Å². The van der Waals surface area contributed by atoms with Gasteiger partial charge in [0.05, 0.1) is 0 Å². The molecule has 3 atom stereocenters. The quantitative estimate of drug-likeness (QED) is 0.820. The molecule has 0 aliphatic heterocycles. The molecule has 1 aromatic rings. The fourth-order valence-electron chi connectivity index (χ4n) is 1.76. The van der Waals surface area contributed by atoms with Crippen LogP contribution in [0.1, 0.15) is 6.42 Å². The second kappa shape index (κ2) is 4.16. The predicted molar refractivity (Wildman–Crippen MR) is 54.2 cm³/mol. The summed E-state index contributed by atoms with van der Waals surface area (Å²) in [6.45, 7) is 0. The molecule has 82 valence electrons. The van der Waals surface area contributed by atoms with Gasteiger partial charge in [-0.3, -0.25) is 0 Å². The molecule has 3 unspecified atom stereocenters. The summed E-state index contributed by atoms with van der Waals surface area (Å²) < 4.78 is 23.9. The summed E-state index contributed by atoms with van der Waals surface area (Å²) in [6.07, 6.45) is 0.429. The number of ether oxygens (including phenoxy) is 2. The van der Waals surface area contributed by atoms with Crippen molar-refractivity contribution in [2.75, 3.05) is 7.11 Å². The van der Waals surface area contributed by atoms with Crippen LogP contribution < -0.4 is 10.5 Å². The fraction of sp³-hybridized carbons (Fsp3) is 0.455. The largest absolute Gasteiger partial charge is 0.485 e. The van der Waals surface area contributed by atoms with Gasteiger partial charge in [0.2, 0.25) is 0 Å². The molecule has 1 aliphatic rings. The minimum absolute atomic E-state index is 0.00762. The van der Waals surface area contributed by atoms with Crippen LogP contribution in [0.3, 0.4) is 0 Å². The number of nitrogens with two attached hydrogens (primary N) is 1. The standard InChI is InChI=1S/C11H14FNO2/c1-14-11-8(13)6-10(11)15-9-5-3-2-4-7(9)12/h2-5,8,10-11H,6,13H2,1H3. The highest BCUT2D eigenvalue weighted by molar-refractivity contribution is 5.24. The highest BCUT2D eigenvalue weighted by atomic mass is 19.1. The smallest absolute Gasteiger partial charge is 0.165 e. The van der Waals surface area contributed by atoms with Crippen molar-refractivity contribution in [3.05, 3.63) is 30.1 Å². The van der Waals surface area contributed by atoms with Gasteiger partial charge in [-0.05, 0) is 12.1 Å². The molecule has 1 aliphatic carbocycles. The van der Waals surface area contributed by atoms with Gasteiger partial charge in [-0.2, -0.15) is 0 Å². The molecule has 2 N–H and O–H groups in total. The first-order valence-electron chi connectivity index (χ1n) is 4.92. The summed E-state index contributed by atoms with van der Waals surface area (Å²) in [5, 5.41) is 0. The molecule has 2 rings (SSSR count). The minimum atomic E-state index is -0.354. The fourth-order valence-corrected chi connectivity index (χ4v) is 1.76. The molecule has 0 radical (unpaired) electrons. The molecular formula is C11H14FNO2. The van der Waals surface area contributed by atoms with Crippen molar-refractivity contribution in [3.8, 4) is 5.75 Å². The van der Waals surface area contributed by atoms with Crippen molar-refractivity contribution < 1.29 is 13.9 Å². The molecule has 4 heteroatoms. The Kier molecular flexibility index (Phi) is 2.88. The van der Waals surface area contributed by atoms with Gasteiger partial charge in [0.25, 0.3) is 0 Å². The van der Waals surface area contributed by atoms with Crippen LogP contribution in [0.2, 0.25) is 0 Å². The number of rotatable bonds is 3. The highest BCUT2D eigenvalue weighted by Gasteiger charge is 2.41. The number of hydrogen-bond donors (Lipinski definition) is 1. The van der Waals surface area contributed by atoms with Crippen LogP contribution in [0.15, 0.2) is 24.3 Å². The van der Waals surface area contributed by atoms with Gasteiger partial charge < -0.3 is 15.2 Å². The lowest BCUT2D eigenvalue weighted by Crippen LogP contribution is -2.59.